The minimum absolute atomic E-state index is 0.156. The van der Waals surface area contributed by atoms with Crippen molar-refractivity contribution in [1.82, 2.24) is 14.9 Å². The molecule has 0 radical (unpaired) electrons. The number of benzene rings is 1. The van der Waals surface area contributed by atoms with E-state index in [0.717, 1.165) is 60.7 Å². The third kappa shape index (κ3) is 4.20. The second kappa shape index (κ2) is 8.06. The zero-order valence-corrected chi connectivity index (χ0v) is 15.7. The molecule has 1 saturated heterocycles. The largest absolute Gasteiger partial charge is 0.435 e. The predicted molar refractivity (Wildman–Crippen MR) is 105 cm³/mol. The van der Waals surface area contributed by atoms with Crippen molar-refractivity contribution < 1.29 is 13.5 Å². The zero-order valence-electron chi connectivity index (χ0n) is 15.7. The molecule has 7 heteroatoms. The molecule has 0 amide bonds. The first-order valence-corrected chi connectivity index (χ1v) is 9.32. The van der Waals surface area contributed by atoms with Crippen molar-refractivity contribution >= 4 is 16.6 Å². The fraction of sp³-hybridized carbons (Fsp3) is 0.333. The van der Waals surface area contributed by atoms with Gasteiger partial charge in [0.1, 0.15) is 5.75 Å². The van der Waals surface area contributed by atoms with Gasteiger partial charge in [-0.25, -0.2) is 0 Å². The Morgan fingerprint density at radius 1 is 1.07 bits per heavy atom. The Hall–Kier alpha value is -2.80. The van der Waals surface area contributed by atoms with E-state index >= 15 is 0 Å². The van der Waals surface area contributed by atoms with Crippen LogP contribution in [0.3, 0.4) is 0 Å². The number of rotatable bonds is 5. The third-order valence-corrected chi connectivity index (χ3v) is 4.94. The van der Waals surface area contributed by atoms with Crippen LogP contribution in [-0.2, 0) is 6.54 Å². The summed E-state index contributed by atoms with van der Waals surface area (Å²) >= 11 is 0. The van der Waals surface area contributed by atoms with Gasteiger partial charge in [-0.2, -0.15) is 8.78 Å². The van der Waals surface area contributed by atoms with Crippen molar-refractivity contribution in [1.29, 1.82) is 0 Å². The van der Waals surface area contributed by atoms with Crippen molar-refractivity contribution in [3.8, 4) is 5.75 Å². The van der Waals surface area contributed by atoms with E-state index in [0.29, 0.717) is 0 Å². The molecule has 3 aromatic rings. The van der Waals surface area contributed by atoms with E-state index in [-0.39, 0.29) is 5.75 Å². The fourth-order valence-corrected chi connectivity index (χ4v) is 3.62. The van der Waals surface area contributed by atoms with Gasteiger partial charge in [0.15, 0.2) is 0 Å². The van der Waals surface area contributed by atoms with E-state index in [1.54, 1.807) is 12.1 Å². The van der Waals surface area contributed by atoms with E-state index in [1.807, 2.05) is 37.4 Å². The van der Waals surface area contributed by atoms with E-state index in [9.17, 15) is 8.78 Å². The SMILES string of the molecule is Cc1cc(N2CCN(Cc3ccccn3)CC2)c2cc(OC(F)F)ccc2n1. The number of fused-ring (bicyclic) bond motifs is 1. The molecule has 0 bridgehead atoms. The number of aryl methyl sites for hydroxylation is 1. The van der Waals surface area contributed by atoms with Crippen LogP contribution in [0.5, 0.6) is 5.75 Å². The van der Waals surface area contributed by atoms with Crippen molar-refractivity contribution in [2.24, 2.45) is 0 Å². The summed E-state index contributed by atoms with van der Waals surface area (Å²) in [6.45, 7) is 3.46. The average molecular weight is 384 g/mol. The zero-order chi connectivity index (χ0) is 19.5. The van der Waals surface area contributed by atoms with Gasteiger partial charge >= 0.3 is 6.61 Å². The number of hydrogen-bond donors (Lipinski definition) is 0. The first-order chi connectivity index (χ1) is 13.6. The number of halogens is 2. The molecule has 0 saturated carbocycles. The molecule has 5 nitrogen and oxygen atoms in total. The van der Waals surface area contributed by atoms with Gasteiger partial charge in [-0.3, -0.25) is 14.9 Å². The van der Waals surface area contributed by atoms with Crippen LogP contribution in [0, 0.1) is 6.92 Å². The summed E-state index contributed by atoms with van der Waals surface area (Å²) in [6.07, 6.45) is 1.82. The maximum Gasteiger partial charge on any atom is 0.387 e. The van der Waals surface area contributed by atoms with Crippen molar-refractivity contribution in [3.05, 3.63) is 60.0 Å². The molecule has 1 aromatic carbocycles. The number of alkyl halides is 2. The summed E-state index contributed by atoms with van der Waals surface area (Å²) < 4.78 is 29.8. The topological polar surface area (TPSA) is 41.5 Å². The molecule has 2 aromatic heterocycles. The highest BCUT2D eigenvalue weighted by molar-refractivity contribution is 5.93. The van der Waals surface area contributed by atoms with Crippen LogP contribution in [-0.4, -0.2) is 47.7 Å². The third-order valence-electron chi connectivity index (χ3n) is 4.94. The Bertz CT molecular complexity index is 944. The maximum absolute atomic E-state index is 12.6. The highest BCUT2D eigenvalue weighted by Gasteiger charge is 2.20. The lowest BCUT2D eigenvalue weighted by molar-refractivity contribution is -0.0497. The predicted octanol–water partition coefficient (Wildman–Crippen LogP) is 3.86. The highest BCUT2D eigenvalue weighted by Crippen LogP contribution is 2.31. The number of piperazine rings is 1. The first-order valence-electron chi connectivity index (χ1n) is 9.32. The van der Waals surface area contributed by atoms with E-state index < -0.39 is 6.61 Å². The Balaban J connectivity index is 1.53. The molecular formula is C21H22F2N4O. The number of hydrogen-bond acceptors (Lipinski definition) is 5. The summed E-state index contributed by atoms with van der Waals surface area (Å²) in [5.41, 5.74) is 3.77. The number of nitrogens with zero attached hydrogens (tertiary/aromatic N) is 4. The quantitative estimate of drug-likeness (QED) is 0.668. The van der Waals surface area contributed by atoms with Gasteiger partial charge in [0.25, 0.3) is 0 Å². The lowest BCUT2D eigenvalue weighted by Crippen LogP contribution is -2.46. The van der Waals surface area contributed by atoms with Crippen LogP contribution >= 0.6 is 0 Å². The van der Waals surface area contributed by atoms with Crippen LogP contribution < -0.4 is 9.64 Å². The lowest BCUT2D eigenvalue weighted by atomic mass is 10.1. The van der Waals surface area contributed by atoms with E-state index in [4.69, 9.17) is 0 Å². The second-order valence-corrected chi connectivity index (χ2v) is 6.92. The Kier molecular flexibility index (Phi) is 5.34. The molecule has 4 rings (SSSR count). The standard InChI is InChI=1S/C21H22F2N4O/c1-15-12-20(18-13-17(28-21(22)23)5-6-19(18)25-15)27-10-8-26(9-11-27)14-16-4-2-3-7-24-16/h2-7,12-13,21H,8-11,14H2,1H3. The fourth-order valence-electron chi connectivity index (χ4n) is 3.62. The molecule has 28 heavy (non-hydrogen) atoms. The summed E-state index contributed by atoms with van der Waals surface area (Å²) in [6, 6.07) is 12.9. The molecule has 1 fully saturated rings. The normalized spacial score (nSPS) is 15.4. The van der Waals surface area contributed by atoms with Gasteiger partial charge < -0.3 is 9.64 Å². The van der Waals surface area contributed by atoms with Gasteiger partial charge in [0.05, 0.1) is 11.2 Å². The molecule has 0 aliphatic carbocycles. The monoisotopic (exact) mass is 384 g/mol. The van der Waals surface area contributed by atoms with Crippen LogP contribution in [0.2, 0.25) is 0 Å². The first kappa shape index (κ1) is 18.6. The van der Waals surface area contributed by atoms with Crippen LogP contribution in [0.25, 0.3) is 10.9 Å². The second-order valence-electron chi connectivity index (χ2n) is 6.92. The highest BCUT2D eigenvalue weighted by atomic mass is 19.3. The molecule has 0 atom stereocenters. The summed E-state index contributed by atoms with van der Waals surface area (Å²) in [4.78, 5) is 13.6. The number of anilines is 1. The summed E-state index contributed by atoms with van der Waals surface area (Å²) in [7, 11) is 0. The lowest BCUT2D eigenvalue weighted by Gasteiger charge is -2.36. The molecule has 0 spiro atoms. The molecule has 3 heterocycles. The number of pyridine rings is 2. The number of aromatic nitrogens is 2. The average Bonchev–Trinajstić information content (AvgIpc) is 2.69. The maximum atomic E-state index is 12.6. The molecule has 1 aliphatic rings. The Labute approximate surface area is 162 Å². The summed E-state index contributed by atoms with van der Waals surface area (Å²) in [5, 5.41) is 0.835. The van der Waals surface area contributed by atoms with Crippen LogP contribution in [0.15, 0.2) is 48.7 Å². The van der Waals surface area contributed by atoms with E-state index in [2.05, 4.69) is 24.5 Å². The minimum atomic E-state index is -2.84. The molecule has 0 N–H and O–H groups in total. The van der Waals surface area contributed by atoms with Crippen LogP contribution in [0.1, 0.15) is 11.4 Å². The smallest absolute Gasteiger partial charge is 0.387 e. The molecule has 1 aliphatic heterocycles. The molecule has 146 valence electrons. The van der Waals surface area contributed by atoms with Gasteiger partial charge in [0, 0.05) is 55.7 Å². The van der Waals surface area contributed by atoms with Gasteiger partial charge in [0.2, 0.25) is 0 Å². The minimum Gasteiger partial charge on any atom is -0.435 e. The van der Waals surface area contributed by atoms with E-state index in [1.165, 1.54) is 6.07 Å². The van der Waals surface area contributed by atoms with Crippen molar-refractivity contribution in [3.63, 3.8) is 0 Å². The van der Waals surface area contributed by atoms with Crippen molar-refractivity contribution in [2.75, 3.05) is 31.1 Å². The molecular weight excluding hydrogens is 362 g/mol. The van der Waals surface area contributed by atoms with Crippen molar-refractivity contribution in [2.45, 2.75) is 20.1 Å². The summed E-state index contributed by atoms with van der Waals surface area (Å²) in [5.74, 6) is 0.156. The Morgan fingerprint density at radius 2 is 1.89 bits per heavy atom. The van der Waals surface area contributed by atoms with Gasteiger partial charge in [-0.05, 0) is 43.3 Å². The van der Waals surface area contributed by atoms with Crippen LogP contribution in [0.4, 0.5) is 14.5 Å². The van der Waals surface area contributed by atoms with Gasteiger partial charge in [-0.1, -0.05) is 6.07 Å². The Morgan fingerprint density at radius 3 is 2.61 bits per heavy atom. The van der Waals surface area contributed by atoms with Gasteiger partial charge in [-0.15, -0.1) is 0 Å². The number of ether oxygens (including phenoxy) is 1. The molecule has 0 unspecified atom stereocenters.